The van der Waals surface area contributed by atoms with E-state index in [2.05, 4.69) is 62.6 Å². The minimum atomic E-state index is 0.802. The quantitative estimate of drug-likeness (QED) is 0.906. The van der Waals surface area contributed by atoms with Gasteiger partial charge >= 0.3 is 0 Å². The number of aromatic nitrogens is 2. The van der Waals surface area contributed by atoms with Crippen molar-refractivity contribution in [1.29, 1.82) is 0 Å². The second kappa shape index (κ2) is 6.29. The first-order valence-corrected chi connectivity index (χ1v) is 7.73. The number of thiophene rings is 1. The molecule has 3 nitrogen and oxygen atoms in total. The van der Waals surface area contributed by atoms with Gasteiger partial charge in [-0.3, -0.25) is 0 Å². The lowest BCUT2D eigenvalue weighted by Gasteiger charge is -2.10. The summed E-state index contributed by atoms with van der Waals surface area (Å²) in [4.78, 5) is 10.5. The highest BCUT2D eigenvalue weighted by molar-refractivity contribution is 9.10. The lowest BCUT2D eigenvalue weighted by molar-refractivity contribution is 0.900. The van der Waals surface area contributed by atoms with E-state index in [1.165, 1.54) is 4.88 Å². The fraction of sp³-hybridized carbons (Fsp3) is 0.385. The monoisotopic (exact) mass is 325 g/mol. The Labute approximate surface area is 120 Å². The lowest BCUT2D eigenvalue weighted by Crippen LogP contribution is -2.07. The van der Waals surface area contributed by atoms with Gasteiger partial charge in [0.2, 0.25) is 0 Å². The maximum atomic E-state index is 4.62. The van der Waals surface area contributed by atoms with Crippen molar-refractivity contribution in [2.45, 2.75) is 26.7 Å². The van der Waals surface area contributed by atoms with Crippen LogP contribution in [0.15, 0.2) is 22.0 Å². The molecule has 1 N–H and O–H groups in total. The van der Waals surface area contributed by atoms with E-state index in [0.29, 0.717) is 0 Å². The number of hydrogen-bond donors (Lipinski definition) is 1. The summed E-state index contributed by atoms with van der Waals surface area (Å²) in [5.74, 6) is 1.78. The maximum Gasteiger partial charge on any atom is 0.144 e. The van der Waals surface area contributed by atoms with Gasteiger partial charge in [-0.1, -0.05) is 13.0 Å². The zero-order valence-electron chi connectivity index (χ0n) is 10.5. The first kappa shape index (κ1) is 13.5. The van der Waals surface area contributed by atoms with Crippen molar-refractivity contribution in [2.24, 2.45) is 0 Å². The van der Waals surface area contributed by atoms with E-state index in [4.69, 9.17) is 0 Å². The Morgan fingerprint density at radius 3 is 2.78 bits per heavy atom. The van der Waals surface area contributed by atoms with Gasteiger partial charge in [0.25, 0.3) is 0 Å². The summed E-state index contributed by atoms with van der Waals surface area (Å²) >= 11 is 5.31. The van der Waals surface area contributed by atoms with Crippen molar-refractivity contribution < 1.29 is 0 Å². The number of nitrogens with zero attached hydrogens (tertiary/aromatic N) is 2. The molecule has 0 aliphatic rings. The molecular weight excluding hydrogens is 310 g/mol. The standard InChI is InChI=1S/C13H16BrN3S/c1-3-10-12(14)13(15-4-2)17-11(16-10)8-9-6-5-7-18-9/h5-7H,3-4,8H2,1-2H3,(H,15,16,17). The predicted octanol–water partition coefficient (Wildman–Crippen LogP) is 3.89. The van der Waals surface area contributed by atoms with E-state index in [1.54, 1.807) is 11.3 Å². The molecule has 5 heteroatoms. The van der Waals surface area contributed by atoms with Gasteiger partial charge in [-0.05, 0) is 40.7 Å². The summed E-state index contributed by atoms with van der Waals surface area (Å²) in [7, 11) is 0. The van der Waals surface area contributed by atoms with Crippen LogP contribution >= 0.6 is 27.3 Å². The maximum absolute atomic E-state index is 4.62. The molecule has 2 rings (SSSR count). The summed E-state index contributed by atoms with van der Waals surface area (Å²) in [6.07, 6.45) is 1.70. The van der Waals surface area contributed by atoms with Crippen molar-refractivity contribution in [2.75, 3.05) is 11.9 Å². The molecular formula is C13H16BrN3S. The molecule has 18 heavy (non-hydrogen) atoms. The van der Waals surface area contributed by atoms with Crippen LogP contribution in [0, 0.1) is 0 Å². The van der Waals surface area contributed by atoms with Crippen LogP contribution in [-0.4, -0.2) is 16.5 Å². The average Bonchev–Trinajstić information content (AvgIpc) is 2.86. The molecule has 0 unspecified atom stereocenters. The second-order valence-electron chi connectivity index (χ2n) is 3.89. The molecule has 2 aromatic heterocycles. The summed E-state index contributed by atoms with van der Waals surface area (Å²) in [6.45, 7) is 5.04. The summed E-state index contributed by atoms with van der Waals surface area (Å²) in [5.41, 5.74) is 1.06. The Morgan fingerprint density at radius 1 is 1.33 bits per heavy atom. The predicted molar refractivity (Wildman–Crippen MR) is 80.4 cm³/mol. The fourth-order valence-corrected chi connectivity index (χ4v) is 3.01. The molecule has 0 atom stereocenters. The molecule has 0 fully saturated rings. The van der Waals surface area contributed by atoms with Crippen LogP contribution in [0.4, 0.5) is 5.82 Å². The van der Waals surface area contributed by atoms with Gasteiger partial charge in [-0.15, -0.1) is 11.3 Å². The van der Waals surface area contributed by atoms with Crippen LogP contribution in [0.2, 0.25) is 0 Å². The molecule has 0 spiro atoms. The molecule has 0 aliphatic heterocycles. The number of aryl methyl sites for hydroxylation is 1. The molecule has 96 valence electrons. The average molecular weight is 326 g/mol. The van der Waals surface area contributed by atoms with Gasteiger partial charge in [0.1, 0.15) is 11.6 Å². The number of anilines is 1. The molecule has 0 aliphatic carbocycles. The number of hydrogen-bond acceptors (Lipinski definition) is 4. The van der Waals surface area contributed by atoms with Gasteiger partial charge < -0.3 is 5.32 Å². The van der Waals surface area contributed by atoms with Gasteiger partial charge in [0.05, 0.1) is 10.2 Å². The summed E-state index contributed by atoms with van der Waals surface area (Å²) < 4.78 is 0.988. The van der Waals surface area contributed by atoms with E-state index in [-0.39, 0.29) is 0 Å². The van der Waals surface area contributed by atoms with Crippen LogP contribution in [0.5, 0.6) is 0 Å². The minimum absolute atomic E-state index is 0.802. The Hall–Kier alpha value is -0.940. The third-order valence-electron chi connectivity index (χ3n) is 2.56. The Kier molecular flexibility index (Phi) is 4.72. The zero-order valence-corrected chi connectivity index (χ0v) is 12.9. The first-order valence-electron chi connectivity index (χ1n) is 6.06. The molecule has 0 saturated heterocycles. The molecule has 2 heterocycles. The van der Waals surface area contributed by atoms with Crippen molar-refractivity contribution in [1.82, 2.24) is 9.97 Å². The van der Waals surface area contributed by atoms with Crippen LogP contribution in [0.25, 0.3) is 0 Å². The molecule has 0 amide bonds. The Bertz CT molecular complexity index is 511. The minimum Gasteiger partial charge on any atom is -0.369 e. The normalized spacial score (nSPS) is 10.6. The molecule has 0 aromatic carbocycles. The van der Waals surface area contributed by atoms with Crippen molar-refractivity contribution in [3.8, 4) is 0 Å². The van der Waals surface area contributed by atoms with Gasteiger partial charge in [0.15, 0.2) is 0 Å². The fourth-order valence-electron chi connectivity index (χ4n) is 1.71. The Morgan fingerprint density at radius 2 is 2.17 bits per heavy atom. The molecule has 0 bridgehead atoms. The van der Waals surface area contributed by atoms with E-state index >= 15 is 0 Å². The van der Waals surface area contributed by atoms with E-state index in [9.17, 15) is 0 Å². The molecule has 2 aromatic rings. The van der Waals surface area contributed by atoms with Crippen molar-refractivity contribution in [3.63, 3.8) is 0 Å². The van der Waals surface area contributed by atoms with E-state index in [0.717, 1.165) is 41.2 Å². The topological polar surface area (TPSA) is 37.8 Å². The molecule has 0 radical (unpaired) electrons. The number of rotatable bonds is 5. The summed E-state index contributed by atoms with van der Waals surface area (Å²) in [5, 5.41) is 5.36. The van der Waals surface area contributed by atoms with Crippen LogP contribution in [0.3, 0.4) is 0 Å². The smallest absolute Gasteiger partial charge is 0.144 e. The van der Waals surface area contributed by atoms with Crippen molar-refractivity contribution >= 4 is 33.1 Å². The van der Waals surface area contributed by atoms with E-state index in [1.807, 2.05) is 0 Å². The van der Waals surface area contributed by atoms with Crippen LogP contribution in [0.1, 0.15) is 30.2 Å². The van der Waals surface area contributed by atoms with Crippen LogP contribution < -0.4 is 5.32 Å². The van der Waals surface area contributed by atoms with Gasteiger partial charge in [-0.25, -0.2) is 9.97 Å². The van der Waals surface area contributed by atoms with E-state index < -0.39 is 0 Å². The first-order chi connectivity index (χ1) is 8.74. The largest absolute Gasteiger partial charge is 0.369 e. The van der Waals surface area contributed by atoms with Gasteiger partial charge in [-0.2, -0.15) is 0 Å². The highest BCUT2D eigenvalue weighted by Crippen LogP contribution is 2.25. The third-order valence-corrected chi connectivity index (χ3v) is 4.27. The number of nitrogens with one attached hydrogen (secondary N) is 1. The highest BCUT2D eigenvalue weighted by Gasteiger charge is 2.11. The second-order valence-corrected chi connectivity index (χ2v) is 5.71. The highest BCUT2D eigenvalue weighted by atomic mass is 79.9. The van der Waals surface area contributed by atoms with Crippen molar-refractivity contribution in [3.05, 3.63) is 38.4 Å². The number of halogens is 1. The zero-order chi connectivity index (χ0) is 13.0. The van der Waals surface area contributed by atoms with Gasteiger partial charge in [0, 0.05) is 17.8 Å². The summed E-state index contributed by atoms with van der Waals surface area (Å²) in [6, 6.07) is 4.18. The SMILES string of the molecule is CCNc1nc(Cc2cccs2)nc(CC)c1Br. The third kappa shape index (κ3) is 3.09. The molecule has 0 saturated carbocycles. The van der Waals surface area contributed by atoms with Crippen LogP contribution in [-0.2, 0) is 12.8 Å². The Balaban J connectivity index is 2.32. The lowest BCUT2D eigenvalue weighted by atomic mass is 10.2.